The lowest BCUT2D eigenvalue weighted by Crippen LogP contribution is -2.06. The Morgan fingerprint density at radius 2 is 0.920 bits per heavy atom. The Morgan fingerprint density at radius 1 is 0.400 bits per heavy atom. The Hall–Kier alpha value is -6.99. The molecule has 4 aromatic heterocycles. The molecule has 0 aliphatic rings. The molecule has 0 aliphatic heterocycles. The molecule has 4 heterocycles. The molecule has 0 spiro atoms. The van der Waals surface area contributed by atoms with Gasteiger partial charge in [0, 0.05) is 38.4 Å². The number of aromatic nitrogens is 6. The van der Waals surface area contributed by atoms with E-state index in [0.29, 0.717) is 29.1 Å². The van der Waals surface area contributed by atoms with E-state index < -0.39 is 0 Å². The van der Waals surface area contributed by atoms with Gasteiger partial charge in [-0.3, -0.25) is 4.57 Å². The first kappa shape index (κ1) is 28.1. The van der Waals surface area contributed by atoms with E-state index in [-0.39, 0.29) is 0 Å². The minimum Gasteiger partial charge on any atom is -0.438 e. The Bertz CT molecular complexity index is 2790. The highest BCUT2D eigenvalue weighted by molar-refractivity contribution is 6.18. The number of hydrogen-bond acceptors (Lipinski definition) is 6. The van der Waals surface area contributed by atoms with Crippen LogP contribution in [0.1, 0.15) is 0 Å². The van der Waals surface area contributed by atoms with Crippen LogP contribution in [0.25, 0.3) is 95.2 Å². The second-order valence-corrected chi connectivity index (χ2v) is 12.1. The number of furan rings is 1. The molecule has 0 amide bonds. The summed E-state index contributed by atoms with van der Waals surface area (Å²) in [6.45, 7) is 0. The summed E-state index contributed by atoms with van der Waals surface area (Å²) < 4.78 is 8.73. The van der Waals surface area contributed by atoms with Crippen molar-refractivity contribution in [2.45, 2.75) is 0 Å². The molecule has 0 saturated heterocycles. The Kier molecular flexibility index (Phi) is 6.35. The lowest BCUT2D eigenvalue weighted by molar-refractivity contribution is 0.654. The van der Waals surface area contributed by atoms with Gasteiger partial charge in [0.25, 0.3) is 0 Å². The average molecular weight is 643 g/mol. The topological polar surface area (TPSA) is 82.5 Å². The summed E-state index contributed by atoms with van der Waals surface area (Å²) >= 11 is 0. The van der Waals surface area contributed by atoms with Crippen LogP contribution in [0.5, 0.6) is 0 Å². The predicted octanol–water partition coefficient (Wildman–Crippen LogP) is 10.3. The number of nitrogens with zero attached hydrogens (tertiary/aromatic N) is 6. The largest absolute Gasteiger partial charge is 0.438 e. The van der Waals surface area contributed by atoms with Crippen molar-refractivity contribution < 1.29 is 4.42 Å². The number of rotatable bonds is 5. The van der Waals surface area contributed by atoms with Gasteiger partial charge in [0.1, 0.15) is 5.58 Å². The fourth-order valence-corrected chi connectivity index (χ4v) is 6.77. The van der Waals surface area contributed by atoms with Crippen LogP contribution >= 0.6 is 0 Å². The molecule has 0 fully saturated rings. The quantitative estimate of drug-likeness (QED) is 0.186. The third-order valence-electron chi connectivity index (χ3n) is 9.09. The van der Waals surface area contributed by atoms with Crippen LogP contribution in [0.2, 0.25) is 0 Å². The van der Waals surface area contributed by atoms with Gasteiger partial charge < -0.3 is 4.42 Å². The third-order valence-corrected chi connectivity index (χ3v) is 9.09. The monoisotopic (exact) mass is 642 g/mol. The van der Waals surface area contributed by atoms with Crippen molar-refractivity contribution in [3.8, 4) is 51.4 Å². The zero-order valence-electron chi connectivity index (χ0n) is 26.6. The predicted molar refractivity (Wildman–Crippen MR) is 199 cm³/mol. The molecule has 50 heavy (non-hydrogen) atoms. The van der Waals surface area contributed by atoms with Crippen molar-refractivity contribution in [1.29, 1.82) is 0 Å². The zero-order chi connectivity index (χ0) is 33.0. The smallest absolute Gasteiger partial charge is 0.238 e. The molecular formula is C43H26N6O. The highest BCUT2D eigenvalue weighted by atomic mass is 16.3. The van der Waals surface area contributed by atoms with Crippen molar-refractivity contribution in [1.82, 2.24) is 29.5 Å². The maximum atomic E-state index is 6.60. The van der Waals surface area contributed by atoms with Crippen LogP contribution < -0.4 is 0 Å². The van der Waals surface area contributed by atoms with Gasteiger partial charge in [-0.2, -0.15) is 15.0 Å². The van der Waals surface area contributed by atoms with E-state index in [9.17, 15) is 0 Å². The van der Waals surface area contributed by atoms with E-state index in [1.54, 1.807) is 0 Å². The molecule has 0 radical (unpaired) electrons. The summed E-state index contributed by atoms with van der Waals surface area (Å²) in [5, 5.41) is 3.85. The Morgan fingerprint density at radius 3 is 1.52 bits per heavy atom. The van der Waals surface area contributed by atoms with Gasteiger partial charge in [0.05, 0.1) is 22.1 Å². The van der Waals surface area contributed by atoms with Crippen molar-refractivity contribution >= 4 is 43.9 Å². The summed E-state index contributed by atoms with van der Waals surface area (Å²) in [5.41, 5.74) is 7.74. The molecular weight excluding hydrogens is 617 g/mol. The molecule has 0 aliphatic carbocycles. The van der Waals surface area contributed by atoms with E-state index in [1.165, 1.54) is 0 Å². The fourth-order valence-electron chi connectivity index (χ4n) is 6.77. The fraction of sp³-hybridized carbons (Fsp3) is 0. The number of para-hydroxylation sites is 1. The molecule has 0 atom stereocenters. The lowest BCUT2D eigenvalue weighted by atomic mass is 10.0. The van der Waals surface area contributed by atoms with Gasteiger partial charge in [-0.15, -0.1) is 0 Å². The van der Waals surface area contributed by atoms with Crippen LogP contribution in [-0.2, 0) is 0 Å². The van der Waals surface area contributed by atoms with E-state index in [0.717, 1.165) is 66.1 Å². The molecule has 7 heteroatoms. The molecule has 10 rings (SSSR count). The molecule has 0 N–H and O–H groups in total. The Labute approximate surface area is 286 Å². The number of fused-ring (bicyclic) bond motifs is 6. The first-order valence-electron chi connectivity index (χ1n) is 16.4. The van der Waals surface area contributed by atoms with Crippen LogP contribution in [-0.4, -0.2) is 29.5 Å². The summed E-state index contributed by atoms with van der Waals surface area (Å²) in [4.78, 5) is 25.3. The third kappa shape index (κ3) is 4.56. The molecule has 234 valence electrons. The number of benzene rings is 6. The molecule has 6 aromatic carbocycles. The summed E-state index contributed by atoms with van der Waals surface area (Å²) in [7, 11) is 0. The highest BCUT2D eigenvalue weighted by Crippen LogP contribution is 2.41. The molecule has 10 aromatic rings. The van der Waals surface area contributed by atoms with Crippen molar-refractivity contribution in [3.63, 3.8) is 0 Å². The Balaban J connectivity index is 1.29. The van der Waals surface area contributed by atoms with Crippen LogP contribution in [0, 0.1) is 0 Å². The molecule has 7 nitrogen and oxygen atoms in total. The molecule has 0 bridgehead atoms. The van der Waals surface area contributed by atoms with E-state index in [1.807, 2.05) is 115 Å². The summed E-state index contributed by atoms with van der Waals surface area (Å²) in [6.07, 6.45) is 0. The summed E-state index contributed by atoms with van der Waals surface area (Å²) in [6, 6.07) is 52.9. The minimum absolute atomic E-state index is 0.530. The van der Waals surface area contributed by atoms with Gasteiger partial charge in [-0.25, -0.2) is 9.97 Å². The minimum atomic E-state index is 0.530. The second kappa shape index (κ2) is 11.3. The van der Waals surface area contributed by atoms with Gasteiger partial charge in [-0.1, -0.05) is 140 Å². The first-order chi connectivity index (χ1) is 24.8. The first-order valence-corrected chi connectivity index (χ1v) is 16.4. The highest BCUT2D eigenvalue weighted by Gasteiger charge is 2.23. The number of hydrogen-bond donors (Lipinski definition) is 0. The maximum absolute atomic E-state index is 6.60. The van der Waals surface area contributed by atoms with Gasteiger partial charge in [-0.05, 0) is 18.2 Å². The maximum Gasteiger partial charge on any atom is 0.238 e. The van der Waals surface area contributed by atoms with E-state index in [4.69, 9.17) is 29.3 Å². The van der Waals surface area contributed by atoms with E-state index >= 15 is 0 Å². The molecule has 0 saturated carbocycles. The molecule has 0 unspecified atom stereocenters. The van der Waals surface area contributed by atoms with Gasteiger partial charge in [0.2, 0.25) is 11.7 Å². The summed E-state index contributed by atoms with van der Waals surface area (Å²) in [5.74, 6) is 2.34. The second-order valence-electron chi connectivity index (χ2n) is 12.1. The normalized spacial score (nSPS) is 11.6. The lowest BCUT2D eigenvalue weighted by Gasteiger charge is -2.11. The van der Waals surface area contributed by atoms with Crippen molar-refractivity contribution in [2.75, 3.05) is 0 Å². The average Bonchev–Trinajstić information content (AvgIpc) is 3.72. The van der Waals surface area contributed by atoms with Crippen molar-refractivity contribution in [2.24, 2.45) is 0 Å². The van der Waals surface area contributed by atoms with Gasteiger partial charge >= 0.3 is 0 Å². The van der Waals surface area contributed by atoms with Gasteiger partial charge in [0.15, 0.2) is 17.5 Å². The zero-order valence-corrected chi connectivity index (χ0v) is 26.6. The van der Waals surface area contributed by atoms with Crippen LogP contribution in [0.4, 0.5) is 0 Å². The van der Waals surface area contributed by atoms with Crippen LogP contribution in [0.3, 0.4) is 0 Å². The SMILES string of the molecule is c1ccc(-c2nc(-c3ccccc3)nc(-n3c4ccccc4c4cc5oc6nc(-c7ccccc7)nc(-c7ccccc7)c6c5cc43)n2)cc1. The van der Waals surface area contributed by atoms with E-state index in [2.05, 4.69) is 47.0 Å². The standard InChI is InChI=1S/C43H26N6O/c1-5-15-27(16-6-1)38-37-33-25-35-32(26-36(33)50-42(37)46-39(44-38)28-17-7-2-8-18-28)31-23-13-14-24-34(31)49(35)43-47-40(29-19-9-3-10-20-29)45-41(48-43)30-21-11-4-12-22-30/h1-26H. The van der Waals surface area contributed by atoms with Crippen LogP contribution in [0.15, 0.2) is 162 Å². The van der Waals surface area contributed by atoms with Crippen molar-refractivity contribution in [3.05, 3.63) is 158 Å².